The van der Waals surface area contributed by atoms with E-state index < -0.39 is 0 Å². The molecule has 1 N–H and O–H groups in total. The molecule has 2 rings (SSSR count). The summed E-state index contributed by atoms with van der Waals surface area (Å²) in [7, 11) is 0. The molecule has 82 valence electrons. The highest BCUT2D eigenvalue weighted by Crippen LogP contribution is 2.26. The molecule has 1 aliphatic rings. The predicted molar refractivity (Wildman–Crippen MR) is 65.1 cm³/mol. The zero-order valence-corrected chi connectivity index (χ0v) is 10.0. The molecule has 0 radical (unpaired) electrons. The molecule has 0 amide bonds. The van der Waals surface area contributed by atoms with Crippen molar-refractivity contribution in [1.82, 2.24) is 5.32 Å². The molecule has 1 nitrogen and oxygen atoms in total. The first kappa shape index (κ1) is 10.7. The third kappa shape index (κ3) is 2.40. The largest absolute Gasteiger partial charge is 0.307 e. The second kappa shape index (κ2) is 4.36. The normalized spacial score (nSPS) is 26.6. The number of benzene rings is 1. The van der Waals surface area contributed by atoms with E-state index in [1.54, 1.807) is 0 Å². The van der Waals surface area contributed by atoms with E-state index >= 15 is 0 Å². The van der Waals surface area contributed by atoms with Gasteiger partial charge in [0.15, 0.2) is 0 Å². The van der Waals surface area contributed by atoms with Gasteiger partial charge in [-0.05, 0) is 50.3 Å². The summed E-state index contributed by atoms with van der Waals surface area (Å²) >= 11 is 0. The number of rotatable bonds is 1. The van der Waals surface area contributed by atoms with E-state index in [4.69, 9.17) is 0 Å². The fourth-order valence-corrected chi connectivity index (χ4v) is 2.38. The number of nitrogens with one attached hydrogen (secondary N) is 1. The van der Waals surface area contributed by atoms with E-state index in [1.165, 1.54) is 36.0 Å². The summed E-state index contributed by atoms with van der Waals surface area (Å²) < 4.78 is 0. The van der Waals surface area contributed by atoms with Crippen LogP contribution in [0.2, 0.25) is 0 Å². The molecular formula is C14H21N. The maximum Gasteiger partial charge on any atom is 0.0322 e. The van der Waals surface area contributed by atoms with Crippen molar-refractivity contribution in [1.29, 1.82) is 0 Å². The highest BCUT2D eigenvalue weighted by molar-refractivity contribution is 5.31. The van der Waals surface area contributed by atoms with Crippen LogP contribution < -0.4 is 5.32 Å². The van der Waals surface area contributed by atoms with E-state index in [1.807, 2.05) is 0 Å². The van der Waals surface area contributed by atoms with Gasteiger partial charge < -0.3 is 5.32 Å². The number of hydrogen-bond donors (Lipinski definition) is 1. The molecule has 0 spiro atoms. The molecule has 2 atom stereocenters. The first-order valence-corrected chi connectivity index (χ1v) is 6.00. The summed E-state index contributed by atoms with van der Waals surface area (Å²) in [5, 5.41) is 3.68. The first-order chi connectivity index (χ1) is 7.16. The molecule has 0 aliphatic carbocycles. The Kier molecular flexibility index (Phi) is 3.11. The lowest BCUT2D eigenvalue weighted by atomic mass is 9.92. The van der Waals surface area contributed by atoms with Gasteiger partial charge in [0.25, 0.3) is 0 Å². The molecule has 2 unspecified atom stereocenters. The second-order valence-corrected chi connectivity index (χ2v) is 4.89. The Morgan fingerprint density at radius 1 is 1.13 bits per heavy atom. The van der Waals surface area contributed by atoms with E-state index in [9.17, 15) is 0 Å². The summed E-state index contributed by atoms with van der Waals surface area (Å²) in [5.74, 6) is 0. The summed E-state index contributed by atoms with van der Waals surface area (Å²) in [6, 6.07) is 8.10. The maximum absolute atomic E-state index is 3.68. The molecule has 1 aliphatic heterocycles. The molecule has 1 heteroatoms. The lowest BCUT2D eigenvalue weighted by Crippen LogP contribution is -2.34. The summed E-state index contributed by atoms with van der Waals surface area (Å²) in [4.78, 5) is 0. The Balaban J connectivity index is 2.18. The van der Waals surface area contributed by atoms with Crippen LogP contribution in [0.15, 0.2) is 18.2 Å². The van der Waals surface area contributed by atoms with Crippen molar-refractivity contribution in [3.05, 3.63) is 34.9 Å². The van der Waals surface area contributed by atoms with Crippen LogP contribution in [-0.2, 0) is 0 Å². The quantitative estimate of drug-likeness (QED) is 0.736. The van der Waals surface area contributed by atoms with Crippen molar-refractivity contribution < 1.29 is 0 Å². The molecular weight excluding hydrogens is 182 g/mol. The highest BCUT2D eigenvalue weighted by atomic mass is 15.0. The van der Waals surface area contributed by atoms with Crippen LogP contribution in [0.1, 0.15) is 48.9 Å². The van der Waals surface area contributed by atoms with Crippen LogP contribution in [-0.4, -0.2) is 6.04 Å². The van der Waals surface area contributed by atoms with E-state index in [-0.39, 0.29) is 0 Å². The predicted octanol–water partition coefficient (Wildman–Crippen LogP) is 3.51. The van der Waals surface area contributed by atoms with Crippen molar-refractivity contribution in [2.24, 2.45) is 0 Å². The van der Waals surface area contributed by atoms with Gasteiger partial charge in [0.1, 0.15) is 0 Å². The van der Waals surface area contributed by atoms with Gasteiger partial charge >= 0.3 is 0 Å². The molecule has 1 saturated heterocycles. The van der Waals surface area contributed by atoms with Gasteiger partial charge in [-0.3, -0.25) is 0 Å². The fourth-order valence-electron chi connectivity index (χ4n) is 2.38. The SMILES string of the molecule is Cc1ccc(C2CCCC(C)N2)cc1C. The van der Waals surface area contributed by atoms with Crippen molar-refractivity contribution >= 4 is 0 Å². The monoisotopic (exact) mass is 203 g/mol. The van der Waals surface area contributed by atoms with Crippen LogP contribution >= 0.6 is 0 Å². The average molecular weight is 203 g/mol. The molecule has 1 aromatic carbocycles. The molecule has 1 heterocycles. The van der Waals surface area contributed by atoms with E-state index in [0.717, 1.165) is 0 Å². The molecule has 0 bridgehead atoms. The third-order valence-electron chi connectivity index (χ3n) is 3.55. The minimum Gasteiger partial charge on any atom is -0.307 e. The van der Waals surface area contributed by atoms with E-state index in [0.29, 0.717) is 12.1 Å². The van der Waals surface area contributed by atoms with Crippen LogP contribution in [0, 0.1) is 13.8 Å². The van der Waals surface area contributed by atoms with E-state index in [2.05, 4.69) is 44.3 Å². The summed E-state index contributed by atoms with van der Waals surface area (Å²) in [6.45, 7) is 6.66. The van der Waals surface area contributed by atoms with Crippen molar-refractivity contribution in [2.75, 3.05) is 0 Å². The zero-order valence-electron chi connectivity index (χ0n) is 10.0. The first-order valence-electron chi connectivity index (χ1n) is 6.00. The maximum atomic E-state index is 3.68. The van der Waals surface area contributed by atoms with Crippen molar-refractivity contribution in [3.8, 4) is 0 Å². The second-order valence-electron chi connectivity index (χ2n) is 4.89. The van der Waals surface area contributed by atoms with Crippen LogP contribution in [0.5, 0.6) is 0 Å². The average Bonchev–Trinajstić information content (AvgIpc) is 2.22. The topological polar surface area (TPSA) is 12.0 Å². The number of aryl methyl sites for hydroxylation is 2. The van der Waals surface area contributed by atoms with Gasteiger partial charge in [0.05, 0.1) is 0 Å². The number of piperidine rings is 1. The minimum atomic E-state index is 0.577. The Morgan fingerprint density at radius 3 is 2.60 bits per heavy atom. The summed E-state index contributed by atoms with van der Waals surface area (Å²) in [5.41, 5.74) is 4.26. The summed E-state index contributed by atoms with van der Waals surface area (Å²) in [6.07, 6.45) is 3.96. The van der Waals surface area contributed by atoms with Crippen LogP contribution in [0.4, 0.5) is 0 Å². The van der Waals surface area contributed by atoms with Gasteiger partial charge in [0, 0.05) is 12.1 Å². The lowest BCUT2D eigenvalue weighted by Gasteiger charge is -2.29. The Hall–Kier alpha value is -0.820. The minimum absolute atomic E-state index is 0.577. The van der Waals surface area contributed by atoms with Crippen LogP contribution in [0.3, 0.4) is 0 Å². The molecule has 0 saturated carbocycles. The number of hydrogen-bond acceptors (Lipinski definition) is 1. The Morgan fingerprint density at radius 2 is 1.93 bits per heavy atom. The zero-order chi connectivity index (χ0) is 10.8. The molecule has 1 aromatic rings. The van der Waals surface area contributed by atoms with Gasteiger partial charge in [-0.1, -0.05) is 24.6 Å². The van der Waals surface area contributed by atoms with Crippen molar-refractivity contribution in [2.45, 2.75) is 52.1 Å². The molecule has 1 fully saturated rings. The molecule has 15 heavy (non-hydrogen) atoms. The molecule has 0 aromatic heterocycles. The van der Waals surface area contributed by atoms with Crippen LogP contribution in [0.25, 0.3) is 0 Å². The Bertz CT molecular complexity index is 343. The van der Waals surface area contributed by atoms with Gasteiger partial charge in [-0.2, -0.15) is 0 Å². The smallest absolute Gasteiger partial charge is 0.0322 e. The Labute approximate surface area is 92.9 Å². The standard InChI is InChI=1S/C14H21N/c1-10-7-8-13(9-11(10)2)14-6-4-5-12(3)15-14/h7-9,12,14-15H,4-6H2,1-3H3. The van der Waals surface area contributed by atoms with Gasteiger partial charge in [-0.15, -0.1) is 0 Å². The fraction of sp³-hybridized carbons (Fsp3) is 0.571. The highest BCUT2D eigenvalue weighted by Gasteiger charge is 2.19. The van der Waals surface area contributed by atoms with Gasteiger partial charge in [0.2, 0.25) is 0 Å². The van der Waals surface area contributed by atoms with Gasteiger partial charge in [-0.25, -0.2) is 0 Å². The lowest BCUT2D eigenvalue weighted by molar-refractivity contribution is 0.341. The third-order valence-corrected chi connectivity index (χ3v) is 3.55. The van der Waals surface area contributed by atoms with Crippen molar-refractivity contribution in [3.63, 3.8) is 0 Å².